The Kier molecular flexibility index (Phi) is 2.86. The van der Waals surface area contributed by atoms with Crippen LogP contribution in [0.5, 0.6) is 5.75 Å². The summed E-state index contributed by atoms with van der Waals surface area (Å²) < 4.78 is 0. The van der Waals surface area contributed by atoms with E-state index < -0.39 is 4.87 Å². The lowest BCUT2D eigenvalue weighted by molar-refractivity contribution is 0.475. The van der Waals surface area contributed by atoms with Crippen LogP contribution in [0, 0.1) is 0 Å². The fourth-order valence-electron chi connectivity index (χ4n) is 0.886. The van der Waals surface area contributed by atoms with Crippen molar-refractivity contribution < 1.29 is 5.11 Å². The molecule has 0 radical (unpaired) electrons. The molecule has 0 spiro atoms. The zero-order valence-corrected chi connectivity index (χ0v) is 8.23. The van der Waals surface area contributed by atoms with Crippen molar-refractivity contribution in [3.05, 3.63) is 29.8 Å². The number of hydrogen-bond donors (Lipinski definition) is 1. The maximum absolute atomic E-state index is 9.02. The summed E-state index contributed by atoms with van der Waals surface area (Å²) in [5.41, 5.74) is 0.914. The van der Waals surface area contributed by atoms with Gasteiger partial charge in [-0.1, -0.05) is 12.1 Å². The van der Waals surface area contributed by atoms with Gasteiger partial charge in [0.2, 0.25) is 0 Å². The van der Waals surface area contributed by atoms with Gasteiger partial charge in [-0.05, 0) is 24.6 Å². The highest BCUT2D eigenvalue weighted by Crippen LogP contribution is 2.30. The van der Waals surface area contributed by atoms with Crippen LogP contribution in [0.4, 0.5) is 0 Å². The van der Waals surface area contributed by atoms with Gasteiger partial charge >= 0.3 is 0 Å². The number of hydrogen-bond acceptors (Lipinski definition) is 1. The minimum absolute atomic E-state index is 0.237. The molecule has 1 rings (SSSR count). The Morgan fingerprint density at radius 3 is 2.25 bits per heavy atom. The van der Waals surface area contributed by atoms with Crippen LogP contribution in [0.3, 0.4) is 0 Å². The van der Waals surface area contributed by atoms with Crippen LogP contribution in [0.2, 0.25) is 0 Å². The molecule has 1 aromatic carbocycles. The highest BCUT2D eigenvalue weighted by Gasteiger charge is 2.21. The van der Waals surface area contributed by atoms with Gasteiger partial charge in [-0.25, -0.2) is 0 Å². The summed E-state index contributed by atoms with van der Waals surface area (Å²) in [5.74, 6) is 0.583. The van der Waals surface area contributed by atoms with Crippen LogP contribution in [0.1, 0.15) is 12.5 Å². The predicted octanol–water partition coefficient (Wildman–Crippen LogP) is 3.09. The van der Waals surface area contributed by atoms with Crippen LogP contribution in [-0.2, 0) is 4.87 Å². The van der Waals surface area contributed by atoms with Crippen LogP contribution in [-0.4, -0.2) is 11.0 Å². The van der Waals surface area contributed by atoms with E-state index in [1.165, 1.54) is 0 Å². The Hall–Kier alpha value is -0.400. The first-order chi connectivity index (χ1) is 5.56. The Labute approximate surface area is 81.9 Å². The minimum Gasteiger partial charge on any atom is -0.508 e. The van der Waals surface area contributed by atoms with Crippen molar-refractivity contribution in [1.29, 1.82) is 0 Å². The standard InChI is InChI=1S/C9H10Cl2O/c1-9(11,6-10)7-2-4-8(12)5-3-7/h2-5,12H,6H2,1H3. The van der Waals surface area contributed by atoms with E-state index in [2.05, 4.69) is 0 Å². The number of alkyl halides is 2. The summed E-state index contributed by atoms with van der Waals surface area (Å²) in [7, 11) is 0. The van der Waals surface area contributed by atoms with Crippen molar-refractivity contribution in [2.45, 2.75) is 11.8 Å². The van der Waals surface area contributed by atoms with Gasteiger partial charge in [0.1, 0.15) is 5.75 Å². The normalized spacial score (nSPS) is 15.6. The summed E-state index contributed by atoms with van der Waals surface area (Å²) in [6, 6.07) is 6.74. The maximum atomic E-state index is 9.02. The molecule has 1 aromatic rings. The molecular formula is C9H10Cl2O. The molecule has 0 aliphatic carbocycles. The van der Waals surface area contributed by atoms with Crippen molar-refractivity contribution in [2.24, 2.45) is 0 Å². The van der Waals surface area contributed by atoms with E-state index in [0.29, 0.717) is 5.88 Å². The fraction of sp³-hybridized carbons (Fsp3) is 0.333. The molecule has 0 aliphatic rings. The molecule has 1 N–H and O–H groups in total. The van der Waals surface area contributed by atoms with E-state index in [-0.39, 0.29) is 5.75 Å². The largest absolute Gasteiger partial charge is 0.508 e. The Bertz CT molecular complexity index is 254. The second-order valence-electron chi connectivity index (χ2n) is 2.88. The van der Waals surface area contributed by atoms with E-state index in [4.69, 9.17) is 28.3 Å². The molecule has 0 aliphatic heterocycles. The van der Waals surface area contributed by atoms with Gasteiger partial charge < -0.3 is 5.11 Å². The lowest BCUT2D eigenvalue weighted by Crippen LogP contribution is -2.14. The van der Waals surface area contributed by atoms with Gasteiger partial charge in [-0.2, -0.15) is 0 Å². The molecule has 1 unspecified atom stereocenters. The quantitative estimate of drug-likeness (QED) is 0.735. The molecule has 0 amide bonds. The van der Waals surface area contributed by atoms with Crippen molar-refractivity contribution in [2.75, 3.05) is 5.88 Å². The summed E-state index contributed by atoms with van der Waals surface area (Å²) in [4.78, 5) is -0.546. The number of aromatic hydroxyl groups is 1. The van der Waals surface area contributed by atoms with Gasteiger partial charge in [0.25, 0.3) is 0 Å². The summed E-state index contributed by atoms with van der Waals surface area (Å²) >= 11 is 11.8. The molecule has 0 heterocycles. The number of phenolic OH excluding ortho intramolecular Hbond substituents is 1. The number of halogens is 2. The molecule has 0 fully saturated rings. The first kappa shape index (κ1) is 9.69. The number of phenols is 1. The molecule has 0 saturated carbocycles. The topological polar surface area (TPSA) is 20.2 Å². The van der Waals surface area contributed by atoms with Gasteiger partial charge in [0, 0.05) is 5.88 Å². The van der Waals surface area contributed by atoms with E-state index in [1.54, 1.807) is 24.3 Å². The molecule has 1 nitrogen and oxygen atoms in total. The van der Waals surface area contributed by atoms with Crippen LogP contribution < -0.4 is 0 Å². The van der Waals surface area contributed by atoms with Gasteiger partial charge in [-0.15, -0.1) is 23.2 Å². The zero-order valence-electron chi connectivity index (χ0n) is 6.72. The van der Waals surface area contributed by atoms with Crippen molar-refractivity contribution in [3.8, 4) is 5.75 Å². The molecule has 0 saturated heterocycles. The minimum atomic E-state index is -0.546. The SMILES string of the molecule is CC(Cl)(CCl)c1ccc(O)cc1. The molecule has 66 valence electrons. The molecule has 0 aromatic heterocycles. The zero-order chi connectivity index (χ0) is 9.19. The molecule has 0 bridgehead atoms. The molecule has 3 heteroatoms. The third kappa shape index (κ3) is 2.05. The van der Waals surface area contributed by atoms with E-state index in [1.807, 2.05) is 6.92 Å². The second-order valence-corrected chi connectivity index (χ2v) is 3.98. The Morgan fingerprint density at radius 2 is 1.83 bits per heavy atom. The van der Waals surface area contributed by atoms with Crippen molar-refractivity contribution in [3.63, 3.8) is 0 Å². The van der Waals surface area contributed by atoms with Crippen molar-refractivity contribution >= 4 is 23.2 Å². The lowest BCUT2D eigenvalue weighted by Gasteiger charge is -2.18. The van der Waals surface area contributed by atoms with Crippen LogP contribution in [0.15, 0.2) is 24.3 Å². The van der Waals surface area contributed by atoms with Gasteiger partial charge in [0.05, 0.1) is 4.87 Å². The first-order valence-electron chi connectivity index (χ1n) is 3.60. The van der Waals surface area contributed by atoms with E-state index in [9.17, 15) is 0 Å². The first-order valence-corrected chi connectivity index (χ1v) is 4.52. The molecular weight excluding hydrogens is 195 g/mol. The third-order valence-corrected chi connectivity index (χ3v) is 2.74. The van der Waals surface area contributed by atoms with E-state index in [0.717, 1.165) is 5.56 Å². The predicted molar refractivity (Wildman–Crippen MR) is 52.0 cm³/mol. The molecule has 1 atom stereocenters. The highest BCUT2D eigenvalue weighted by atomic mass is 35.5. The smallest absolute Gasteiger partial charge is 0.115 e. The van der Waals surface area contributed by atoms with Crippen LogP contribution >= 0.6 is 23.2 Å². The average molecular weight is 205 g/mol. The second kappa shape index (κ2) is 3.55. The van der Waals surface area contributed by atoms with Gasteiger partial charge in [0.15, 0.2) is 0 Å². The number of benzene rings is 1. The molecule has 12 heavy (non-hydrogen) atoms. The summed E-state index contributed by atoms with van der Waals surface area (Å²) in [5, 5.41) is 9.02. The summed E-state index contributed by atoms with van der Waals surface area (Å²) in [6.45, 7) is 1.84. The monoisotopic (exact) mass is 204 g/mol. The summed E-state index contributed by atoms with van der Waals surface area (Å²) in [6.07, 6.45) is 0. The average Bonchev–Trinajstić information content (AvgIpc) is 2.05. The Balaban J connectivity index is 2.96. The Morgan fingerprint density at radius 1 is 1.33 bits per heavy atom. The third-order valence-electron chi connectivity index (χ3n) is 1.72. The number of rotatable bonds is 2. The van der Waals surface area contributed by atoms with Crippen molar-refractivity contribution in [1.82, 2.24) is 0 Å². The maximum Gasteiger partial charge on any atom is 0.115 e. The van der Waals surface area contributed by atoms with E-state index >= 15 is 0 Å². The lowest BCUT2D eigenvalue weighted by atomic mass is 10.0. The fourth-order valence-corrected chi connectivity index (χ4v) is 1.17. The van der Waals surface area contributed by atoms with Gasteiger partial charge in [-0.3, -0.25) is 0 Å². The van der Waals surface area contributed by atoms with Crippen LogP contribution in [0.25, 0.3) is 0 Å². The highest BCUT2D eigenvalue weighted by molar-refractivity contribution is 6.30.